The number of methoxy groups -OCH3 is 2. The molecule has 2 atom stereocenters. The van der Waals surface area contributed by atoms with Gasteiger partial charge in [-0.1, -0.05) is 31.4 Å². The van der Waals surface area contributed by atoms with Gasteiger partial charge in [-0.15, -0.1) is 0 Å². The van der Waals surface area contributed by atoms with Gasteiger partial charge < -0.3 is 14.8 Å². The molecule has 0 saturated heterocycles. The van der Waals surface area contributed by atoms with Gasteiger partial charge in [-0.2, -0.15) is 0 Å². The van der Waals surface area contributed by atoms with Crippen LogP contribution in [0.1, 0.15) is 48.5 Å². The van der Waals surface area contributed by atoms with Gasteiger partial charge in [0, 0.05) is 22.7 Å². The molecule has 32 heavy (non-hydrogen) atoms. The summed E-state index contributed by atoms with van der Waals surface area (Å²) >= 11 is 6.13. The maximum Gasteiger partial charge on any atom is 0.255 e. The number of rotatable bonds is 7. The number of sulfonamides is 1. The minimum Gasteiger partial charge on any atom is -0.495 e. The van der Waals surface area contributed by atoms with Crippen molar-refractivity contribution in [1.82, 2.24) is 4.72 Å². The van der Waals surface area contributed by atoms with Crippen LogP contribution in [-0.4, -0.2) is 34.6 Å². The molecule has 0 radical (unpaired) electrons. The number of hydrogen-bond donors (Lipinski definition) is 2. The predicted octanol–water partition coefficient (Wildman–Crippen LogP) is 4.77. The van der Waals surface area contributed by atoms with Crippen LogP contribution < -0.4 is 19.5 Å². The van der Waals surface area contributed by atoms with Crippen LogP contribution in [0, 0.1) is 12.8 Å². The molecule has 0 bridgehead atoms. The zero-order chi connectivity index (χ0) is 23.5. The molecule has 2 aromatic carbocycles. The fourth-order valence-electron chi connectivity index (χ4n) is 3.91. The van der Waals surface area contributed by atoms with E-state index in [1.807, 2.05) is 6.92 Å². The summed E-state index contributed by atoms with van der Waals surface area (Å²) in [5.41, 5.74) is 1.39. The Hall–Kier alpha value is -2.29. The van der Waals surface area contributed by atoms with E-state index >= 15 is 0 Å². The number of nitrogens with one attached hydrogen (secondary N) is 2. The highest BCUT2D eigenvalue weighted by atomic mass is 35.5. The molecule has 1 aliphatic carbocycles. The summed E-state index contributed by atoms with van der Waals surface area (Å²) in [5, 5.41) is 3.29. The number of anilines is 1. The number of carbonyl (C=O) groups excluding carboxylic acids is 1. The van der Waals surface area contributed by atoms with Crippen LogP contribution in [0.2, 0.25) is 5.02 Å². The zero-order valence-electron chi connectivity index (χ0n) is 18.7. The number of amides is 1. The van der Waals surface area contributed by atoms with E-state index in [0.717, 1.165) is 31.2 Å². The molecule has 7 nitrogen and oxygen atoms in total. The van der Waals surface area contributed by atoms with Crippen LogP contribution in [0.4, 0.5) is 5.69 Å². The lowest BCUT2D eigenvalue weighted by atomic mass is 9.87. The maximum absolute atomic E-state index is 13.2. The Labute approximate surface area is 194 Å². The van der Waals surface area contributed by atoms with Crippen LogP contribution in [0.5, 0.6) is 11.5 Å². The van der Waals surface area contributed by atoms with E-state index in [1.54, 1.807) is 12.1 Å². The van der Waals surface area contributed by atoms with Crippen molar-refractivity contribution in [2.45, 2.75) is 50.5 Å². The van der Waals surface area contributed by atoms with Gasteiger partial charge in [0.15, 0.2) is 0 Å². The highest BCUT2D eigenvalue weighted by Gasteiger charge is 2.29. The highest BCUT2D eigenvalue weighted by Crippen LogP contribution is 2.32. The molecule has 1 saturated carbocycles. The Morgan fingerprint density at radius 2 is 1.75 bits per heavy atom. The molecule has 0 unspecified atom stereocenters. The molecule has 1 fully saturated rings. The SMILES string of the molecule is COc1cc(Cl)c(C)cc1NC(=O)c1ccc(OC)c(S(=O)(=O)N[C@H]2CCCC[C@@H]2C)c1. The number of hydrogen-bond acceptors (Lipinski definition) is 5. The molecular weight excluding hydrogens is 452 g/mol. The molecule has 3 rings (SSSR count). The first-order chi connectivity index (χ1) is 15.2. The molecule has 0 heterocycles. The van der Waals surface area contributed by atoms with Gasteiger partial charge in [0.05, 0.1) is 19.9 Å². The smallest absolute Gasteiger partial charge is 0.255 e. The van der Waals surface area contributed by atoms with Crippen molar-refractivity contribution < 1.29 is 22.7 Å². The Morgan fingerprint density at radius 3 is 2.41 bits per heavy atom. The van der Waals surface area contributed by atoms with Crippen molar-refractivity contribution in [3.63, 3.8) is 0 Å². The first-order valence-corrected chi connectivity index (χ1v) is 12.4. The quantitative estimate of drug-likeness (QED) is 0.595. The summed E-state index contributed by atoms with van der Waals surface area (Å²) < 4.78 is 39.8. The number of benzene rings is 2. The van der Waals surface area contributed by atoms with Crippen molar-refractivity contribution in [1.29, 1.82) is 0 Å². The first-order valence-electron chi connectivity index (χ1n) is 10.5. The summed E-state index contributed by atoms with van der Waals surface area (Å²) in [6.45, 7) is 3.86. The van der Waals surface area contributed by atoms with E-state index in [1.165, 1.54) is 32.4 Å². The largest absolute Gasteiger partial charge is 0.495 e. The highest BCUT2D eigenvalue weighted by molar-refractivity contribution is 7.89. The number of aryl methyl sites for hydroxylation is 1. The Bertz CT molecular complexity index is 1100. The van der Waals surface area contributed by atoms with E-state index in [4.69, 9.17) is 21.1 Å². The van der Waals surface area contributed by atoms with Gasteiger partial charge in [-0.25, -0.2) is 13.1 Å². The van der Waals surface area contributed by atoms with Crippen LogP contribution in [0.3, 0.4) is 0 Å². The van der Waals surface area contributed by atoms with Crippen LogP contribution >= 0.6 is 11.6 Å². The number of carbonyl (C=O) groups is 1. The molecule has 174 valence electrons. The van der Waals surface area contributed by atoms with Gasteiger partial charge in [0.2, 0.25) is 10.0 Å². The Morgan fingerprint density at radius 1 is 1.06 bits per heavy atom. The Kier molecular flexibility index (Phi) is 7.69. The van der Waals surface area contributed by atoms with Crippen molar-refractivity contribution in [3.05, 3.63) is 46.5 Å². The van der Waals surface area contributed by atoms with Gasteiger partial charge >= 0.3 is 0 Å². The second kappa shape index (κ2) is 10.1. The summed E-state index contributed by atoms with van der Waals surface area (Å²) in [5.74, 6) is 0.354. The topological polar surface area (TPSA) is 93.7 Å². The van der Waals surface area contributed by atoms with E-state index in [2.05, 4.69) is 17.0 Å². The Balaban J connectivity index is 1.90. The van der Waals surface area contributed by atoms with Gasteiger partial charge in [0.1, 0.15) is 16.4 Å². The van der Waals surface area contributed by atoms with Gasteiger partial charge in [0.25, 0.3) is 5.91 Å². The lowest BCUT2D eigenvalue weighted by molar-refractivity contribution is 0.102. The fraction of sp³-hybridized carbons (Fsp3) is 0.435. The van der Waals surface area contributed by atoms with Crippen LogP contribution in [0.25, 0.3) is 0 Å². The molecule has 1 aliphatic rings. The van der Waals surface area contributed by atoms with Crippen molar-refractivity contribution in [3.8, 4) is 11.5 Å². The summed E-state index contributed by atoms with van der Waals surface area (Å²) in [6.07, 6.45) is 3.86. The van der Waals surface area contributed by atoms with E-state index in [9.17, 15) is 13.2 Å². The van der Waals surface area contributed by atoms with Crippen molar-refractivity contribution in [2.75, 3.05) is 19.5 Å². The summed E-state index contributed by atoms with van der Waals surface area (Å²) in [4.78, 5) is 12.9. The van der Waals surface area contributed by atoms with Gasteiger partial charge in [-0.05, 0) is 55.5 Å². The lowest BCUT2D eigenvalue weighted by Crippen LogP contribution is -2.41. The third-order valence-corrected chi connectivity index (χ3v) is 7.78. The minimum absolute atomic E-state index is 0.0651. The molecule has 0 spiro atoms. The molecule has 1 amide bonds. The van der Waals surface area contributed by atoms with Crippen molar-refractivity contribution in [2.24, 2.45) is 5.92 Å². The second-order valence-corrected chi connectivity index (χ2v) is 10.2. The number of ether oxygens (including phenoxy) is 2. The van der Waals surface area contributed by atoms with Gasteiger partial charge in [-0.3, -0.25) is 4.79 Å². The standard InChI is InChI=1S/C23H29ClN2O5S/c1-14-7-5-6-8-18(14)26-32(28,29)22-12-16(9-10-20(22)30-3)23(27)25-19-11-15(2)17(24)13-21(19)31-4/h9-14,18,26H,5-8H2,1-4H3,(H,25,27)/t14-,18-/m0/s1. The molecule has 2 aromatic rings. The lowest BCUT2D eigenvalue weighted by Gasteiger charge is -2.29. The second-order valence-electron chi connectivity index (χ2n) is 8.11. The molecular formula is C23H29ClN2O5S. The first kappa shape index (κ1) is 24.4. The average Bonchev–Trinajstić information content (AvgIpc) is 2.77. The van der Waals surface area contributed by atoms with E-state index in [-0.39, 0.29) is 28.2 Å². The monoisotopic (exact) mass is 480 g/mol. The summed E-state index contributed by atoms with van der Waals surface area (Å²) in [6, 6.07) is 7.51. The third-order valence-electron chi connectivity index (χ3n) is 5.86. The molecule has 0 aromatic heterocycles. The summed E-state index contributed by atoms with van der Waals surface area (Å²) in [7, 11) is -1.01. The fourth-order valence-corrected chi connectivity index (χ4v) is 5.63. The maximum atomic E-state index is 13.2. The zero-order valence-corrected chi connectivity index (χ0v) is 20.3. The minimum atomic E-state index is -3.89. The molecule has 0 aliphatic heterocycles. The van der Waals surface area contributed by atoms with Crippen LogP contribution in [0.15, 0.2) is 35.2 Å². The molecule has 2 N–H and O–H groups in total. The molecule has 9 heteroatoms. The van der Waals surface area contributed by atoms with E-state index in [0.29, 0.717) is 16.5 Å². The normalized spacial score (nSPS) is 18.8. The average molecular weight is 481 g/mol. The van der Waals surface area contributed by atoms with Crippen LogP contribution in [-0.2, 0) is 10.0 Å². The van der Waals surface area contributed by atoms with E-state index < -0.39 is 15.9 Å². The predicted molar refractivity (Wildman–Crippen MR) is 125 cm³/mol. The third kappa shape index (κ3) is 5.36. The van der Waals surface area contributed by atoms with Crippen molar-refractivity contribution >= 4 is 33.2 Å². The number of halogens is 1.